The van der Waals surface area contributed by atoms with E-state index in [-0.39, 0.29) is 0 Å². The van der Waals surface area contributed by atoms with Gasteiger partial charge in [0.2, 0.25) is 0 Å². The zero-order valence-electron chi connectivity index (χ0n) is 10.2. The first-order chi connectivity index (χ1) is 9.00. The van der Waals surface area contributed by atoms with Crippen molar-refractivity contribution in [2.75, 3.05) is 5.75 Å². The topological polar surface area (TPSA) is 0 Å². The van der Waals surface area contributed by atoms with Crippen molar-refractivity contribution in [3.05, 3.63) is 35.8 Å². The lowest BCUT2D eigenvalue weighted by Crippen LogP contribution is -1.79. The maximum atomic E-state index is 2.27. The smallest absolute Gasteiger partial charge is 0.00454 e. The molecule has 0 bridgehead atoms. The lowest BCUT2D eigenvalue weighted by molar-refractivity contribution is 0.678. The van der Waals surface area contributed by atoms with Crippen LogP contribution in [-0.4, -0.2) is 5.75 Å². The molecule has 0 saturated heterocycles. The number of allylic oxidation sites excluding steroid dienone is 5. The molecule has 0 aromatic carbocycles. The van der Waals surface area contributed by atoms with Gasteiger partial charge < -0.3 is 0 Å². The fraction of sp³-hybridized carbons (Fsp3) is 0.500. The van der Waals surface area contributed by atoms with E-state index in [4.69, 9.17) is 0 Å². The van der Waals surface area contributed by atoms with E-state index in [2.05, 4.69) is 35.8 Å². The maximum absolute atomic E-state index is 2.27. The standard InChI is InChI=1S/C12H18S6/c1-2-4-6-8-10-12-14-16-18-17-15-13-11-9-7-5-3-1/h1,3,5,7,9,11H,2,4,6,8,10,12H2/b3-1?,7-5?,11-9+. The van der Waals surface area contributed by atoms with Gasteiger partial charge in [0.1, 0.15) is 0 Å². The minimum absolute atomic E-state index is 1.22. The zero-order chi connectivity index (χ0) is 12.7. The van der Waals surface area contributed by atoms with Crippen LogP contribution in [0.4, 0.5) is 0 Å². The lowest BCUT2D eigenvalue weighted by atomic mass is 10.1. The molecule has 1 rings (SSSR count). The third kappa shape index (κ3) is 12.4. The zero-order valence-corrected chi connectivity index (χ0v) is 15.1. The quantitative estimate of drug-likeness (QED) is 0.409. The van der Waals surface area contributed by atoms with Crippen molar-refractivity contribution in [3.8, 4) is 0 Å². The molecular weight excluding hydrogens is 337 g/mol. The van der Waals surface area contributed by atoms with E-state index in [9.17, 15) is 0 Å². The van der Waals surface area contributed by atoms with Crippen LogP contribution < -0.4 is 0 Å². The Morgan fingerprint density at radius 1 is 0.667 bits per heavy atom. The second kappa shape index (κ2) is 14.7. The second-order valence-electron chi connectivity index (χ2n) is 3.53. The fourth-order valence-electron chi connectivity index (χ4n) is 1.27. The molecule has 1 heterocycles. The van der Waals surface area contributed by atoms with Crippen LogP contribution in [-0.2, 0) is 0 Å². The fourth-order valence-corrected chi connectivity index (χ4v) is 12.1. The Morgan fingerprint density at radius 2 is 1.50 bits per heavy atom. The monoisotopic (exact) mass is 354 g/mol. The minimum Gasteiger partial charge on any atom is -0.0845 e. The molecule has 1 aliphatic heterocycles. The van der Waals surface area contributed by atoms with Gasteiger partial charge >= 0.3 is 0 Å². The molecule has 0 amide bonds. The number of hydrogen-bond donors (Lipinski definition) is 0. The third-order valence-electron chi connectivity index (χ3n) is 2.12. The predicted octanol–water partition coefficient (Wildman–Crippen LogP) is 7.55. The molecule has 0 aromatic rings. The van der Waals surface area contributed by atoms with Crippen molar-refractivity contribution in [1.82, 2.24) is 0 Å². The van der Waals surface area contributed by atoms with Gasteiger partial charge in [0.25, 0.3) is 0 Å². The van der Waals surface area contributed by atoms with Crippen molar-refractivity contribution in [2.45, 2.75) is 32.1 Å². The van der Waals surface area contributed by atoms with Crippen LogP contribution in [0.1, 0.15) is 32.1 Å². The molecule has 0 aliphatic carbocycles. The Morgan fingerprint density at radius 3 is 2.50 bits per heavy atom. The Balaban J connectivity index is 2.20. The Bertz CT molecular complexity index is 235. The molecular formula is C12H18S6. The molecule has 1 aliphatic rings. The Labute approximate surface area is 133 Å². The summed E-state index contributed by atoms with van der Waals surface area (Å²) in [6.45, 7) is 0. The minimum atomic E-state index is 1.22. The maximum Gasteiger partial charge on any atom is 0.00454 e. The number of hydrogen-bond acceptors (Lipinski definition) is 6. The molecule has 0 radical (unpaired) electrons. The van der Waals surface area contributed by atoms with E-state index in [0.29, 0.717) is 0 Å². The highest BCUT2D eigenvalue weighted by atomic mass is 33.9. The SMILES string of the molecule is C1=C/C=C/SSSSSSCCCCCCC=C1. The first-order valence-electron chi connectivity index (χ1n) is 5.93. The van der Waals surface area contributed by atoms with Gasteiger partial charge in [0.15, 0.2) is 0 Å². The van der Waals surface area contributed by atoms with E-state index in [1.807, 2.05) is 50.1 Å². The van der Waals surface area contributed by atoms with Crippen LogP contribution in [0.2, 0.25) is 0 Å². The lowest BCUT2D eigenvalue weighted by Gasteiger charge is -2.00. The molecule has 102 valence electrons. The van der Waals surface area contributed by atoms with Crippen LogP contribution in [0.5, 0.6) is 0 Å². The van der Waals surface area contributed by atoms with Crippen molar-refractivity contribution in [3.63, 3.8) is 0 Å². The Hall–Kier alpha value is 1.32. The van der Waals surface area contributed by atoms with Gasteiger partial charge in [-0.3, -0.25) is 0 Å². The molecule has 0 nitrogen and oxygen atoms in total. The van der Waals surface area contributed by atoms with Crippen LogP contribution in [0.25, 0.3) is 0 Å². The van der Waals surface area contributed by atoms with Crippen LogP contribution in [0.15, 0.2) is 35.8 Å². The second-order valence-corrected chi connectivity index (χ2v) is 13.0. The summed E-state index contributed by atoms with van der Waals surface area (Å²) in [6, 6.07) is 0. The summed E-state index contributed by atoms with van der Waals surface area (Å²) in [6.07, 6.45) is 17.4. The van der Waals surface area contributed by atoms with Gasteiger partial charge in [-0.1, -0.05) is 64.8 Å². The summed E-state index contributed by atoms with van der Waals surface area (Å²) >= 11 is 0. The van der Waals surface area contributed by atoms with Crippen LogP contribution >= 0.6 is 60.9 Å². The van der Waals surface area contributed by atoms with Gasteiger partial charge in [0, 0.05) is 5.75 Å². The molecule has 0 unspecified atom stereocenters. The highest BCUT2D eigenvalue weighted by molar-refractivity contribution is 9.42. The van der Waals surface area contributed by atoms with Gasteiger partial charge in [-0.05, 0) is 64.0 Å². The van der Waals surface area contributed by atoms with Crippen molar-refractivity contribution < 1.29 is 0 Å². The van der Waals surface area contributed by atoms with Gasteiger partial charge in [-0.2, -0.15) is 0 Å². The van der Waals surface area contributed by atoms with Crippen molar-refractivity contribution in [2.24, 2.45) is 0 Å². The van der Waals surface area contributed by atoms with E-state index in [0.717, 1.165) is 0 Å². The molecule has 6 heteroatoms. The van der Waals surface area contributed by atoms with Crippen LogP contribution in [0, 0.1) is 0 Å². The van der Waals surface area contributed by atoms with Gasteiger partial charge in [-0.15, -0.1) is 0 Å². The summed E-state index contributed by atoms with van der Waals surface area (Å²) in [5.74, 6) is 1.29. The third-order valence-corrected chi connectivity index (χ3v) is 12.6. The first-order valence-corrected chi connectivity index (χ1v) is 13.6. The summed E-state index contributed by atoms with van der Waals surface area (Å²) in [5.41, 5.74) is 0. The van der Waals surface area contributed by atoms with Gasteiger partial charge in [-0.25, -0.2) is 0 Å². The average Bonchev–Trinajstić information content (AvgIpc) is 2.39. The average molecular weight is 355 g/mol. The summed E-state index contributed by atoms with van der Waals surface area (Å²) in [5, 5.41) is 2.13. The molecule has 0 N–H and O–H groups in total. The summed E-state index contributed by atoms with van der Waals surface area (Å²) in [7, 11) is 11.2. The first kappa shape index (κ1) is 17.4. The Kier molecular flexibility index (Phi) is 14.2. The molecule has 18 heavy (non-hydrogen) atoms. The van der Waals surface area contributed by atoms with E-state index in [1.54, 1.807) is 10.8 Å². The van der Waals surface area contributed by atoms with Crippen molar-refractivity contribution in [1.29, 1.82) is 0 Å². The number of rotatable bonds is 0. The van der Waals surface area contributed by atoms with Crippen molar-refractivity contribution >= 4 is 60.9 Å². The van der Waals surface area contributed by atoms with E-state index < -0.39 is 0 Å². The van der Waals surface area contributed by atoms with Gasteiger partial charge in [0.05, 0.1) is 0 Å². The highest BCUT2D eigenvalue weighted by Gasteiger charge is 1.94. The normalized spacial score (nSPS) is 23.1. The largest absolute Gasteiger partial charge is 0.0845 e. The molecule has 0 aromatic heterocycles. The molecule has 0 spiro atoms. The van der Waals surface area contributed by atoms with E-state index in [1.165, 1.54) is 37.9 Å². The summed E-state index contributed by atoms with van der Waals surface area (Å²) in [4.78, 5) is 0. The molecule has 0 atom stereocenters. The predicted molar refractivity (Wildman–Crippen MR) is 101 cm³/mol. The van der Waals surface area contributed by atoms with E-state index >= 15 is 0 Å². The van der Waals surface area contributed by atoms with Crippen LogP contribution in [0.3, 0.4) is 0 Å². The molecule has 0 saturated carbocycles. The summed E-state index contributed by atoms with van der Waals surface area (Å²) < 4.78 is 0. The highest BCUT2D eigenvalue weighted by Crippen LogP contribution is 2.52. The molecule has 0 fully saturated rings.